The molecule has 106 valence electrons. The zero-order chi connectivity index (χ0) is 13.7. The van der Waals surface area contributed by atoms with Gasteiger partial charge in [0.15, 0.2) is 0 Å². The van der Waals surface area contributed by atoms with Crippen LogP contribution >= 0.6 is 11.3 Å². The van der Waals surface area contributed by atoms with Crippen molar-refractivity contribution < 1.29 is 9.90 Å². The van der Waals surface area contributed by atoms with E-state index in [4.69, 9.17) is 0 Å². The van der Waals surface area contributed by atoms with Crippen molar-refractivity contribution in [3.8, 4) is 0 Å². The number of hydrogen-bond donors (Lipinski definition) is 2. The minimum Gasteiger partial charge on any atom is -0.393 e. The van der Waals surface area contributed by atoms with E-state index in [0.29, 0.717) is 19.0 Å². The number of rotatable bonds is 5. The van der Waals surface area contributed by atoms with Crippen molar-refractivity contribution in [2.24, 2.45) is 5.92 Å². The first-order valence-electron chi connectivity index (χ1n) is 6.84. The molecule has 1 saturated heterocycles. The van der Waals surface area contributed by atoms with E-state index in [1.807, 2.05) is 24.4 Å². The molecule has 2 heterocycles. The Morgan fingerprint density at radius 1 is 1.58 bits per heavy atom. The fraction of sp³-hybridized carbons (Fsp3) is 0.643. The monoisotopic (exact) mass is 282 g/mol. The SMILES string of the molecule is C[C@@H](O)C1CCN(CC(=O)NCc2cccs2)CC1. The van der Waals surface area contributed by atoms with Gasteiger partial charge in [-0.25, -0.2) is 0 Å². The lowest BCUT2D eigenvalue weighted by Crippen LogP contribution is -2.42. The molecule has 0 aliphatic carbocycles. The summed E-state index contributed by atoms with van der Waals surface area (Å²) in [5, 5.41) is 14.5. The molecule has 2 rings (SSSR count). The van der Waals surface area contributed by atoms with E-state index in [0.717, 1.165) is 25.9 Å². The van der Waals surface area contributed by atoms with E-state index in [2.05, 4.69) is 10.2 Å². The van der Waals surface area contributed by atoms with Crippen molar-refractivity contribution in [1.82, 2.24) is 10.2 Å². The summed E-state index contributed by atoms with van der Waals surface area (Å²) >= 11 is 1.66. The second kappa shape index (κ2) is 7.03. The second-order valence-electron chi connectivity index (χ2n) is 5.21. The number of carbonyl (C=O) groups excluding carboxylic acids is 1. The van der Waals surface area contributed by atoms with Gasteiger partial charge in [0.25, 0.3) is 0 Å². The first kappa shape index (κ1) is 14.5. The number of aliphatic hydroxyl groups excluding tert-OH is 1. The van der Waals surface area contributed by atoms with Gasteiger partial charge >= 0.3 is 0 Å². The third-order valence-electron chi connectivity index (χ3n) is 3.72. The Hall–Kier alpha value is -0.910. The summed E-state index contributed by atoms with van der Waals surface area (Å²) in [6, 6.07) is 4.02. The maximum Gasteiger partial charge on any atom is 0.234 e. The molecule has 19 heavy (non-hydrogen) atoms. The number of nitrogens with zero attached hydrogens (tertiary/aromatic N) is 1. The highest BCUT2D eigenvalue weighted by Gasteiger charge is 2.23. The Morgan fingerprint density at radius 3 is 2.89 bits per heavy atom. The molecule has 1 amide bonds. The van der Waals surface area contributed by atoms with Gasteiger partial charge in [-0.05, 0) is 50.2 Å². The van der Waals surface area contributed by atoms with Gasteiger partial charge < -0.3 is 10.4 Å². The topological polar surface area (TPSA) is 52.6 Å². The van der Waals surface area contributed by atoms with Crippen LogP contribution < -0.4 is 5.32 Å². The van der Waals surface area contributed by atoms with Crippen LogP contribution in [0.3, 0.4) is 0 Å². The summed E-state index contributed by atoms with van der Waals surface area (Å²) in [6.45, 7) is 4.76. The summed E-state index contributed by atoms with van der Waals surface area (Å²) in [4.78, 5) is 15.2. The number of carbonyl (C=O) groups is 1. The van der Waals surface area contributed by atoms with Crippen LogP contribution in [0.15, 0.2) is 17.5 Å². The quantitative estimate of drug-likeness (QED) is 0.859. The molecule has 1 aromatic rings. The van der Waals surface area contributed by atoms with E-state index in [9.17, 15) is 9.90 Å². The highest BCUT2D eigenvalue weighted by molar-refractivity contribution is 7.09. The standard InChI is InChI=1S/C14H22N2O2S/c1-11(17)12-4-6-16(7-5-12)10-14(18)15-9-13-3-2-8-19-13/h2-3,8,11-12,17H,4-7,9-10H2,1H3,(H,15,18)/t11-/m1/s1. The summed E-state index contributed by atoms with van der Waals surface area (Å²) in [5.74, 6) is 0.481. The fourth-order valence-electron chi connectivity index (χ4n) is 2.45. The molecule has 0 aromatic carbocycles. The Labute approximate surface area is 118 Å². The van der Waals surface area contributed by atoms with Crippen LogP contribution in [0.1, 0.15) is 24.6 Å². The van der Waals surface area contributed by atoms with Gasteiger partial charge in [0, 0.05) is 4.88 Å². The van der Waals surface area contributed by atoms with Gasteiger partial charge in [-0.2, -0.15) is 0 Å². The highest BCUT2D eigenvalue weighted by Crippen LogP contribution is 2.20. The molecule has 0 saturated carbocycles. The molecule has 0 radical (unpaired) electrons. The van der Waals surface area contributed by atoms with Gasteiger partial charge in [-0.3, -0.25) is 9.69 Å². The van der Waals surface area contributed by atoms with Crippen molar-refractivity contribution in [2.75, 3.05) is 19.6 Å². The van der Waals surface area contributed by atoms with Crippen LogP contribution in [0.4, 0.5) is 0 Å². The maximum absolute atomic E-state index is 11.8. The number of thiophene rings is 1. The Kier molecular flexibility index (Phi) is 5.36. The van der Waals surface area contributed by atoms with Gasteiger partial charge in [0.2, 0.25) is 5.91 Å². The molecule has 0 unspecified atom stereocenters. The van der Waals surface area contributed by atoms with Gasteiger partial charge in [-0.1, -0.05) is 6.07 Å². The lowest BCUT2D eigenvalue weighted by molar-refractivity contribution is -0.122. The van der Waals surface area contributed by atoms with E-state index in [1.54, 1.807) is 11.3 Å². The smallest absolute Gasteiger partial charge is 0.234 e. The Morgan fingerprint density at radius 2 is 2.32 bits per heavy atom. The molecular formula is C14H22N2O2S. The van der Waals surface area contributed by atoms with Crippen molar-refractivity contribution in [3.05, 3.63) is 22.4 Å². The molecule has 1 aromatic heterocycles. The van der Waals surface area contributed by atoms with Gasteiger partial charge in [-0.15, -0.1) is 11.3 Å². The van der Waals surface area contributed by atoms with Crippen molar-refractivity contribution >= 4 is 17.2 Å². The summed E-state index contributed by atoms with van der Waals surface area (Å²) in [5.41, 5.74) is 0. The van der Waals surface area contributed by atoms with Gasteiger partial charge in [0.1, 0.15) is 0 Å². The van der Waals surface area contributed by atoms with Crippen LogP contribution in [0.25, 0.3) is 0 Å². The van der Waals surface area contributed by atoms with E-state index in [-0.39, 0.29) is 12.0 Å². The minimum atomic E-state index is -0.227. The number of aliphatic hydroxyl groups is 1. The van der Waals surface area contributed by atoms with Crippen LogP contribution in [-0.4, -0.2) is 41.7 Å². The predicted molar refractivity (Wildman–Crippen MR) is 77.0 cm³/mol. The van der Waals surface area contributed by atoms with Crippen LogP contribution in [0.2, 0.25) is 0 Å². The minimum absolute atomic E-state index is 0.0869. The number of amides is 1. The third-order valence-corrected chi connectivity index (χ3v) is 4.60. The zero-order valence-electron chi connectivity index (χ0n) is 11.3. The molecule has 5 heteroatoms. The Bertz CT molecular complexity index is 384. The summed E-state index contributed by atoms with van der Waals surface area (Å²) in [7, 11) is 0. The number of piperidine rings is 1. The normalized spacial score (nSPS) is 19.3. The van der Waals surface area contributed by atoms with Gasteiger partial charge in [0.05, 0.1) is 19.2 Å². The van der Waals surface area contributed by atoms with E-state index in [1.165, 1.54) is 4.88 Å². The molecule has 1 fully saturated rings. The van der Waals surface area contributed by atoms with Crippen LogP contribution in [-0.2, 0) is 11.3 Å². The zero-order valence-corrected chi connectivity index (χ0v) is 12.2. The average Bonchev–Trinajstić information content (AvgIpc) is 2.90. The van der Waals surface area contributed by atoms with Crippen LogP contribution in [0, 0.1) is 5.92 Å². The van der Waals surface area contributed by atoms with Crippen molar-refractivity contribution in [2.45, 2.75) is 32.4 Å². The molecule has 1 aliphatic heterocycles. The predicted octanol–water partition coefficient (Wildman–Crippen LogP) is 1.46. The lowest BCUT2D eigenvalue weighted by atomic mass is 9.92. The number of hydrogen-bond acceptors (Lipinski definition) is 4. The molecule has 1 atom stereocenters. The second-order valence-corrected chi connectivity index (χ2v) is 6.24. The van der Waals surface area contributed by atoms with E-state index >= 15 is 0 Å². The molecule has 1 aliphatic rings. The number of nitrogens with one attached hydrogen (secondary N) is 1. The van der Waals surface area contributed by atoms with E-state index < -0.39 is 0 Å². The number of likely N-dealkylation sites (tertiary alicyclic amines) is 1. The fourth-order valence-corrected chi connectivity index (χ4v) is 3.10. The maximum atomic E-state index is 11.8. The van der Waals surface area contributed by atoms with Crippen molar-refractivity contribution in [1.29, 1.82) is 0 Å². The van der Waals surface area contributed by atoms with Crippen molar-refractivity contribution in [3.63, 3.8) is 0 Å². The first-order chi connectivity index (χ1) is 9.15. The first-order valence-corrected chi connectivity index (χ1v) is 7.72. The molecule has 2 N–H and O–H groups in total. The lowest BCUT2D eigenvalue weighted by Gasteiger charge is -2.32. The molecule has 4 nitrogen and oxygen atoms in total. The molecular weight excluding hydrogens is 260 g/mol. The molecule has 0 bridgehead atoms. The third kappa shape index (κ3) is 4.60. The largest absolute Gasteiger partial charge is 0.393 e. The Balaban J connectivity index is 1.66. The summed E-state index contributed by atoms with van der Waals surface area (Å²) < 4.78 is 0. The van der Waals surface area contributed by atoms with Crippen LogP contribution in [0.5, 0.6) is 0 Å². The summed E-state index contributed by atoms with van der Waals surface area (Å²) in [6.07, 6.45) is 1.74. The molecule has 0 spiro atoms. The average molecular weight is 282 g/mol. The highest BCUT2D eigenvalue weighted by atomic mass is 32.1.